The Morgan fingerprint density at radius 1 is 1.14 bits per heavy atom. The summed E-state index contributed by atoms with van der Waals surface area (Å²) in [6, 6.07) is 13.7. The molecular formula is C25H19BrClFN6O. The Balaban J connectivity index is 1.47. The molecule has 0 spiro atoms. The van der Waals surface area contributed by atoms with Crippen LogP contribution in [-0.4, -0.2) is 30.5 Å². The number of carbonyl (C=O) groups excluding carboxylic acids is 1. The smallest absolute Gasteiger partial charge is 0.257 e. The van der Waals surface area contributed by atoms with Gasteiger partial charge in [0, 0.05) is 40.5 Å². The molecule has 3 heterocycles. The number of hydrogen-bond donors (Lipinski definition) is 1. The van der Waals surface area contributed by atoms with Crippen LogP contribution in [0.4, 0.5) is 10.2 Å². The Hall–Kier alpha value is -3.56. The van der Waals surface area contributed by atoms with Crippen molar-refractivity contribution >= 4 is 50.2 Å². The molecule has 1 amide bonds. The topological polar surface area (TPSA) is 77.6 Å². The van der Waals surface area contributed by atoms with Crippen LogP contribution in [0.5, 0.6) is 0 Å². The van der Waals surface area contributed by atoms with Crippen LogP contribution in [0.2, 0.25) is 5.02 Å². The molecule has 176 valence electrons. The van der Waals surface area contributed by atoms with Crippen molar-refractivity contribution in [3.05, 3.63) is 93.6 Å². The van der Waals surface area contributed by atoms with Crippen molar-refractivity contribution in [2.24, 2.45) is 0 Å². The van der Waals surface area contributed by atoms with Gasteiger partial charge in [0.2, 0.25) is 0 Å². The molecule has 5 aromatic rings. The Morgan fingerprint density at radius 2 is 1.97 bits per heavy atom. The first kappa shape index (κ1) is 23.2. The van der Waals surface area contributed by atoms with E-state index in [1.54, 1.807) is 35.3 Å². The summed E-state index contributed by atoms with van der Waals surface area (Å²) in [5.74, 6) is -0.455. The van der Waals surface area contributed by atoms with Gasteiger partial charge in [-0.05, 0) is 47.1 Å². The molecule has 10 heteroatoms. The van der Waals surface area contributed by atoms with Gasteiger partial charge in [-0.15, -0.1) is 0 Å². The second-order valence-electron chi connectivity index (χ2n) is 7.83. The molecule has 0 aliphatic heterocycles. The number of amides is 1. The Labute approximate surface area is 213 Å². The molecule has 0 aliphatic rings. The highest BCUT2D eigenvalue weighted by Crippen LogP contribution is 2.28. The van der Waals surface area contributed by atoms with Crippen molar-refractivity contribution in [2.45, 2.75) is 20.0 Å². The van der Waals surface area contributed by atoms with Crippen LogP contribution in [0.3, 0.4) is 0 Å². The quantitative estimate of drug-likeness (QED) is 0.273. The number of nitrogens with zero attached hydrogens (tertiary/aromatic N) is 5. The fourth-order valence-corrected chi connectivity index (χ4v) is 4.40. The van der Waals surface area contributed by atoms with E-state index in [1.165, 1.54) is 10.7 Å². The summed E-state index contributed by atoms with van der Waals surface area (Å²) in [7, 11) is 0. The zero-order chi connectivity index (χ0) is 24.5. The molecule has 5 rings (SSSR count). The molecule has 0 fully saturated rings. The highest BCUT2D eigenvalue weighted by atomic mass is 79.9. The van der Waals surface area contributed by atoms with Crippen molar-refractivity contribution in [2.75, 3.05) is 5.32 Å². The van der Waals surface area contributed by atoms with Crippen molar-refractivity contribution in [3.8, 4) is 11.3 Å². The standard InChI is InChI=1S/C25H19BrClFN6O/c1-2-33-12-15(11-29-33)23-10-17(16-6-3-4-9-22(16)30-23)25(35)31-24-19(26)14-34(32-24)13-18-20(27)7-5-8-21(18)28/h3-12,14H,2,13H2,1H3,(H,31,32,35). The number of hydrogen-bond acceptors (Lipinski definition) is 4. The van der Waals surface area contributed by atoms with E-state index in [0.29, 0.717) is 43.0 Å². The summed E-state index contributed by atoms with van der Waals surface area (Å²) in [5.41, 5.74) is 2.93. The lowest BCUT2D eigenvalue weighted by Crippen LogP contribution is -2.14. The first-order chi connectivity index (χ1) is 16.9. The number of para-hydroxylation sites is 1. The van der Waals surface area contributed by atoms with Crippen LogP contribution in [0.25, 0.3) is 22.2 Å². The molecule has 0 saturated heterocycles. The van der Waals surface area contributed by atoms with Gasteiger partial charge >= 0.3 is 0 Å². The predicted molar refractivity (Wildman–Crippen MR) is 137 cm³/mol. The number of pyridine rings is 1. The number of anilines is 1. The third-order valence-corrected chi connectivity index (χ3v) is 6.48. The molecule has 2 aromatic carbocycles. The first-order valence-electron chi connectivity index (χ1n) is 10.8. The summed E-state index contributed by atoms with van der Waals surface area (Å²) >= 11 is 9.58. The molecule has 0 aliphatic carbocycles. The molecule has 3 aromatic heterocycles. The zero-order valence-electron chi connectivity index (χ0n) is 18.5. The summed E-state index contributed by atoms with van der Waals surface area (Å²) in [6.45, 7) is 2.85. The third kappa shape index (κ3) is 4.69. The normalized spacial score (nSPS) is 11.2. The number of aromatic nitrogens is 5. The van der Waals surface area contributed by atoms with Gasteiger partial charge in [0.15, 0.2) is 5.82 Å². The maximum absolute atomic E-state index is 14.2. The van der Waals surface area contributed by atoms with Gasteiger partial charge < -0.3 is 5.32 Å². The van der Waals surface area contributed by atoms with Crippen LogP contribution in [-0.2, 0) is 13.1 Å². The Morgan fingerprint density at radius 3 is 2.74 bits per heavy atom. The van der Waals surface area contributed by atoms with Crippen molar-refractivity contribution in [1.29, 1.82) is 0 Å². The van der Waals surface area contributed by atoms with Crippen molar-refractivity contribution in [3.63, 3.8) is 0 Å². The summed E-state index contributed by atoms with van der Waals surface area (Å²) < 4.78 is 18.1. The predicted octanol–water partition coefficient (Wildman–Crippen LogP) is 6.17. The molecule has 1 N–H and O–H groups in total. The Bertz CT molecular complexity index is 1540. The minimum absolute atomic E-state index is 0.115. The summed E-state index contributed by atoms with van der Waals surface area (Å²) in [4.78, 5) is 18.1. The average Bonchev–Trinajstić information content (AvgIpc) is 3.47. The number of halogens is 3. The largest absolute Gasteiger partial charge is 0.304 e. The van der Waals surface area contributed by atoms with Gasteiger partial charge in [-0.25, -0.2) is 9.37 Å². The number of fused-ring (bicyclic) bond motifs is 1. The van der Waals surface area contributed by atoms with E-state index in [4.69, 9.17) is 16.6 Å². The van der Waals surface area contributed by atoms with E-state index in [0.717, 1.165) is 12.1 Å². The van der Waals surface area contributed by atoms with Gasteiger partial charge in [-0.1, -0.05) is 35.9 Å². The van der Waals surface area contributed by atoms with Gasteiger partial charge in [0.25, 0.3) is 5.91 Å². The maximum atomic E-state index is 14.2. The fourth-order valence-electron chi connectivity index (χ4n) is 3.76. The van der Waals surface area contributed by atoms with E-state index >= 15 is 0 Å². The number of benzene rings is 2. The van der Waals surface area contributed by atoms with E-state index in [1.807, 2.05) is 37.4 Å². The van der Waals surface area contributed by atoms with Gasteiger partial charge in [0.05, 0.1) is 34.0 Å². The number of rotatable bonds is 6. The molecule has 7 nitrogen and oxygen atoms in total. The SMILES string of the molecule is CCn1cc(-c2cc(C(=O)Nc3nn(Cc4c(F)cccc4Cl)cc3Br)c3ccccc3n2)cn1. The van der Waals surface area contributed by atoms with E-state index in [-0.39, 0.29) is 12.5 Å². The van der Waals surface area contributed by atoms with Gasteiger partial charge in [0.1, 0.15) is 5.82 Å². The van der Waals surface area contributed by atoms with Crippen LogP contribution in [0.15, 0.2) is 71.6 Å². The number of aryl methyl sites for hydroxylation is 1. The highest BCUT2D eigenvalue weighted by Gasteiger charge is 2.18. The molecule has 0 unspecified atom stereocenters. The zero-order valence-corrected chi connectivity index (χ0v) is 20.9. The van der Waals surface area contributed by atoms with E-state index in [9.17, 15) is 9.18 Å². The van der Waals surface area contributed by atoms with Gasteiger partial charge in [-0.2, -0.15) is 10.2 Å². The van der Waals surface area contributed by atoms with Crippen LogP contribution in [0.1, 0.15) is 22.8 Å². The Kier molecular flexibility index (Phi) is 6.36. The maximum Gasteiger partial charge on any atom is 0.257 e. The molecular weight excluding hydrogens is 535 g/mol. The van der Waals surface area contributed by atoms with Crippen LogP contribution >= 0.6 is 27.5 Å². The second-order valence-corrected chi connectivity index (χ2v) is 9.10. The second kappa shape index (κ2) is 9.59. The minimum atomic E-state index is -0.420. The monoisotopic (exact) mass is 552 g/mol. The molecule has 35 heavy (non-hydrogen) atoms. The van der Waals surface area contributed by atoms with Crippen LogP contribution < -0.4 is 5.32 Å². The third-order valence-electron chi connectivity index (χ3n) is 5.54. The lowest BCUT2D eigenvalue weighted by molar-refractivity contribution is 0.102. The molecule has 0 radical (unpaired) electrons. The number of carbonyl (C=O) groups is 1. The lowest BCUT2D eigenvalue weighted by atomic mass is 10.0. The first-order valence-corrected chi connectivity index (χ1v) is 12.0. The molecule has 0 atom stereocenters. The van der Waals surface area contributed by atoms with Gasteiger partial charge in [-0.3, -0.25) is 14.2 Å². The minimum Gasteiger partial charge on any atom is -0.304 e. The van der Waals surface area contributed by atoms with Crippen molar-refractivity contribution < 1.29 is 9.18 Å². The summed E-state index contributed by atoms with van der Waals surface area (Å²) in [6.07, 6.45) is 5.28. The highest BCUT2D eigenvalue weighted by molar-refractivity contribution is 9.10. The average molecular weight is 554 g/mol. The van der Waals surface area contributed by atoms with E-state index < -0.39 is 5.82 Å². The summed E-state index contributed by atoms with van der Waals surface area (Å²) in [5, 5.41) is 12.6. The number of nitrogens with one attached hydrogen (secondary N) is 1. The lowest BCUT2D eigenvalue weighted by Gasteiger charge is -2.09. The van der Waals surface area contributed by atoms with E-state index in [2.05, 4.69) is 31.4 Å². The molecule has 0 bridgehead atoms. The molecule has 0 saturated carbocycles. The fraction of sp³-hybridized carbons (Fsp3) is 0.120. The van der Waals surface area contributed by atoms with Crippen molar-refractivity contribution in [1.82, 2.24) is 24.5 Å². The van der Waals surface area contributed by atoms with Crippen LogP contribution in [0, 0.1) is 5.82 Å².